The Morgan fingerprint density at radius 2 is 2.08 bits per heavy atom. The zero-order chi connectivity index (χ0) is 8.97. The summed E-state index contributed by atoms with van der Waals surface area (Å²) in [5, 5.41) is 0. The molecule has 0 fully saturated rings. The molecule has 1 aromatic heterocycles. The van der Waals surface area contributed by atoms with Gasteiger partial charge in [-0.1, -0.05) is 0 Å². The third kappa shape index (κ3) is 3.11. The highest BCUT2D eigenvalue weighted by Gasteiger charge is 1.98. The van der Waals surface area contributed by atoms with Crippen LogP contribution in [0.5, 0.6) is 0 Å². The first-order chi connectivity index (χ1) is 5.68. The van der Waals surface area contributed by atoms with Gasteiger partial charge in [0, 0.05) is 12.1 Å². The van der Waals surface area contributed by atoms with Crippen LogP contribution in [0.25, 0.3) is 0 Å². The first-order valence-corrected chi connectivity index (χ1v) is 4.97. The van der Waals surface area contributed by atoms with E-state index in [2.05, 4.69) is 0 Å². The SMILES string of the molecule is C[n+]1ccc(CCS(=O)O)cc1. The minimum atomic E-state index is -1.68. The quantitative estimate of drug-likeness (QED) is 0.544. The van der Waals surface area contributed by atoms with Crippen LogP contribution < -0.4 is 4.57 Å². The molecule has 1 atom stereocenters. The van der Waals surface area contributed by atoms with Gasteiger partial charge in [-0.25, -0.2) is 8.78 Å². The molecule has 3 nitrogen and oxygen atoms in total. The highest BCUT2D eigenvalue weighted by molar-refractivity contribution is 7.79. The molecule has 0 saturated heterocycles. The van der Waals surface area contributed by atoms with E-state index >= 15 is 0 Å². The van der Waals surface area contributed by atoms with Gasteiger partial charge in [0.15, 0.2) is 23.5 Å². The molecule has 0 bridgehead atoms. The van der Waals surface area contributed by atoms with Gasteiger partial charge in [-0.15, -0.1) is 0 Å². The Labute approximate surface area is 74.3 Å². The van der Waals surface area contributed by atoms with Gasteiger partial charge in [0.25, 0.3) is 0 Å². The molecule has 0 aromatic carbocycles. The van der Waals surface area contributed by atoms with Crippen LogP contribution in [0.4, 0.5) is 0 Å². The van der Waals surface area contributed by atoms with Crippen LogP contribution in [-0.2, 0) is 24.5 Å². The average Bonchev–Trinajstić information content (AvgIpc) is 2.03. The minimum absolute atomic E-state index is 0.313. The molecule has 1 aromatic rings. The number of hydrogen-bond acceptors (Lipinski definition) is 1. The lowest BCUT2D eigenvalue weighted by atomic mass is 10.2. The van der Waals surface area contributed by atoms with Gasteiger partial charge in [0.2, 0.25) is 0 Å². The molecule has 1 heterocycles. The van der Waals surface area contributed by atoms with Crippen LogP contribution in [0.2, 0.25) is 0 Å². The van der Waals surface area contributed by atoms with Gasteiger partial charge < -0.3 is 4.55 Å². The van der Waals surface area contributed by atoms with Crippen molar-refractivity contribution in [2.24, 2.45) is 7.05 Å². The lowest BCUT2D eigenvalue weighted by Gasteiger charge is -1.95. The zero-order valence-corrected chi connectivity index (χ0v) is 7.75. The van der Waals surface area contributed by atoms with Gasteiger partial charge in [-0.2, -0.15) is 0 Å². The number of aryl methyl sites for hydroxylation is 2. The van der Waals surface area contributed by atoms with E-state index in [0.717, 1.165) is 5.56 Å². The van der Waals surface area contributed by atoms with Crippen LogP contribution >= 0.6 is 0 Å². The van der Waals surface area contributed by atoms with E-state index in [4.69, 9.17) is 4.55 Å². The molecule has 0 saturated carbocycles. The average molecular weight is 186 g/mol. The van der Waals surface area contributed by atoms with E-state index in [1.54, 1.807) is 0 Å². The van der Waals surface area contributed by atoms with Gasteiger partial charge in [0.05, 0.1) is 5.75 Å². The summed E-state index contributed by atoms with van der Waals surface area (Å²) < 4.78 is 20.8. The fourth-order valence-electron chi connectivity index (χ4n) is 0.904. The molecule has 0 aliphatic carbocycles. The molecule has 0 aliphatic rings. The van der Waals surface area contributed by atoms with Crippen LogP contribution in [0.15, 0.2) is 24.5 Å². The van der Waals surface area contributed by atoms with Gasteiger partial charge >= 0.3 is 0 Å². The van der Waals surface area contributed by atoms with E-state index in [1.807, 2.05) is 36.1 Å². The Kier molecular flexibility index (Phi) is 3.37. The highest BCUT2D eigenvalue weighted by atomic mass is 32.2. The second kappa shape index (κ2) is 4.33. The predicted octanol–water partition coefficient (Wildman–Crippen LogP) is 0.275. The number of aromatic nitrogens is 1. The molecule has 1 unspecified atom stereocenters. The molecule has 0 spiro atoms. The topological polar surface area (TPSA) is 41.2 Å². The molecule has 12 heavy (non-hydrogen) atoms. The second-order valence-electron chi connectivity index (χ2n) is 2.65. The third-order valence-corrected chi connectivity index (χ3v) is 2.17. The molecular weight excluding hydrogens is 174 g/mol. The minimum Gasteiger partial charge on any atom is -0.306 e. The summed E-state index contributed by atoms with van der Waals surface area (Å²) in [4.78, 5) is 0. The van der Waals surface area contributed by atoms with Crippen molar-refractivity contribution >= 4 is 11.1 Å². The van der Waals surface area contributed by atoms with Crippen molar-refractivity contribution in [2.75, 3.05) is 5.75 Å². The zero-order valence-electron chi connectivity index (χ0n) is 6.93. The monoisotopic (exact) mass is 186 g/mol. The molecule has 0 aliphatic heterocycles. The first kappa shape index (κ1) is 9.35. The van der Waals surface area contributed by atoms with Crippen molar-refractivity contribution in [2.45, 2.75) is 6.42 Å². The highest BCUT2D eigenvalue weighted by Crippen LogP contribution is 1.96. The van der Waals surface area contributed by atoms with E-state index < -0.39 is 11.1 Å². The molecular formula is C8H12NO2S+. The molecule has 66 valence electrons. The molecule has 4 heteroatoms. The van der Waals surface area contributed by atoms with E-state index in [9.17, 15) is 4.21 Å². The van der Waals surface area contributed by atoms with Crippen molar-refractivity contribution in [3.63, 3.8) is 0 Å². The van der Waals surface area contributed by atoms with Crippen LogP contribution in [0.3, 0.4) is 0 Å². The van der Waals surface area contributed by atoms with Gasteiger partial charge in [-0.05, 0) is 12.0 Å². The van der Waals surface area contributed by atoms with Gasteiger partial charge in [0.1, 0.15) is 7.05 Å². The Morgan fingerprint density at radius 3 is 2.58 bits per heavy atom. The molecule has 1 rings (SSSR count). The summed E-state index contributed by atoms with van der Waals surface area (Å²) in [6.45, 7) is 0. The van der Waals surface area contributed by atoms with E-state index in [-0.39, 0.29) is 0 Å². The lowest BCUT2D eigenvalue weighted by Crippen LogP contribution is -2.26. The summed E-state index contributed by atoms with van der Waals surface area (Å²) in [5.41, 5.74) is 1.09. The smallest absolute Gasteiger partial charge is 0.168 e. The van der Waals surface area contributed by atoms with E-state index in [1.165, 1.54) is 0 Å². The van der Waals surface area contributed by atoms with Crippen molar-refractivity contribution in [1.82, 2.24) is 0 Å². The Hall–Kier alpha value is -0.740. The maximum atomic E-state index is 10.3. The maximum absolute atomic E-state index is 10.3. The Balaban J connectivity index is 2.53. The number of hydrogen-bond donors (Lipinski definition) is 1. The van der Waals surface area contributed by atoms with E-state index in [0.29, 0.717) is 12.2 Å². The third-order valence-electron chi connectivity index (χ3n) is 1.61. The molecule has 1 N–H and O–H groups in total. The summed E-state index contributed by atoms with van der Waals surface area (Å²) in [6.07, 6.45) is 4.51. The Bertz CT molecular complexity index is 271. The first-order valence-electron chi connectivity index (χ1n) is 3.70. The Morgan fingerprint density at radius 1 is 1.50 bits per heavy atom. The largest absolute Gasteiger partial charge is 0.306 e. The fraction of sp³-hybridized carbons (Fsp3) is 0.375. The summed E-state index contributed by atoms with van der Waals surface area (Å²) in [5.74, 6) is 0.313. The number of nitrogens with zero attached hydrogens (tertiary/aromatic N) is 1. The summed E-state index contributed by atoms with van der Waals surface area (Å²) in [6, 6.07) is 3.90. The van der Waals surface area contributed by atoms with Crippen molar-refractivity contribution in [1.29, 1.82) is 0 Å². The van der Waals surface area contributed by atoms with Crippen LogP contribution in [0, 0.1) is 0 Å². The second-order valence-corrected chi connectivity index (χ2v) is 3.70. The van der Waals surface area contributed by atoms with Crippen molar-refractivity contribution < 1.29 is 13.3 Å². The van der Waals surface area contributed by atoms with Gasteiger partial charge in [-0.3, -0.25) is 0 Å². The predicted molar refractivity (Wildman–Crippen MR) is 47.0 cm³/mol. The summed E-state index contributed by atoms with van der Waals surface area (Å²) in [7, 11) is 1.94. The maximum Gasteiger partial charge on any atom is 0.168 e. The fourth-order valence-corrected chi connectivity index (χ4v) is 1.31. The standard InChI is InChI=1S/C8H11NO2S/c1-9-5-2-8(3-6-9)4-7-12(10)11/h2-3,5-6H,4,7H2,1H3/p+1. The van der Waals surface area contributed by atoms with Crippen LogP contribution in [-0.4, -0.2) is 14.5 Å². The van der Waals surface area contributed by atoms with Crippen molar-refractivity contribution in [3.05, 3.63) is 30.1 Å². The van der Waals surface area contributed by atoms with Crippen molar-refractivity contribution in [3.8, 4) is 0 Å². The molecule has 0 radical (unpaired) electrons. The number of rotatable bonds is 3. The molecule has 0 amide bonds. The number of pyridine rings is 1. The summed E-state index contributed by atoms with van der Waals surface area (Å²) >= 11 is -1.68. The van der Waals surface area contributed by atoms with Crippen LogP contribution in [0.1, 0.15) is 5.56 Å². The lowest BCUT2D eigenvalue weighted by molar-refractivity contribution is -0.671. The normalized spacial score (nSPS) is 12.8.